The first-order valence-corrected chi connectivity index (χ1v) is 8.96. The van der Waals surface area contributed by atoms with Crippen LogP contribution < -0.4 is 10.1 Å². The number of hydrogen-bond acceptors (Lipinski definition) is 5. The van der Waals surface area contributed by atoms with Gasteiger partial charge in [0, 0.05) is 38.9 Å². The van der Waals surface area contributed by atoms with Gasteiger partial charge >= 0.3 is 0 Å². The minimum absolute atomic E-state index is 0.0652. The van der Waals surface area contributed by atoms with Gasteiger partial charge in [0.1, 0.15) is 11.6 Å². The summed E-state index contributed by atoms with van der Waals surface area (Å²) >= 11 is 0. The van der Waals surface area contributed by atoms with Crippen molar-refractivity contribution < 1.29 is 9.53 Å². The number of aromatic nitrogens is 1. The first-order chi connectivity index (χ1) is 12.7. The number of pyridine rings is 1. The Hall–Kier alpha value is -2.60. The maximum absolute atomic E-state index is 12.5. The molecule has 6 heteroatoms. The lowest BCUT2D eigenvalue weighted by atomic mass is 10.1. The minimum Gasteiger partial charge on any atom is -0.497 e. The molecular weight excluding hydrogens is 328 g/mol. The summed E-state index contributed by atoms with van der Waals surface area (Å²) in [6.07, 6.45) is 2.56. The zero-order valence-electron chi connectivity index (χ0n) is 15.4. The van der Waals surface area contributed by atoms with Crippen LogP contribution in [0.5, 0.6) is 5.75 Å². The minimum atomic E-state index is 0.0652. The maximum atomic E-state index is 12.5. The molecule has 1 amide bonds. The summed E-state index contributed by atoms with van der Waals surface area (Å²) in [5.41, 5.74) is 1.88. The Morgan fingerprint density at radius 2 is 1.85 bits per heavy atom. The van der Waals surface area contributed by atoms with Crippen LogP contribution in [-0.4, -0.2) is 67.6 Å². The predicted octanol–water partition coefficient (Wildman–Crippen LogP) is 2.13. The molecule has 0 radical (unpaired) electrons. The molecule has 0 atom stereocenters. The van der Waals surface area contributed by atoms with Gasteiger partial charge in [0.05, 0.1) is 12.7 Å². The molecule has 0 saturated carbocycles. The third kappa shape index (κ3) is 4.73. The molecule has 26 heavy (non-hydrogen) atoms. The SMILES string of the molecule is COc1ccc(CCNc2ccc(C(=O)N3CCN(C)CC3)cn2)cc1. The number of benzene rings is 1. The van der Waals surface area contributed by atoms with Gasteiger partial charge in [0.15, 0.2) is 0 Å². The number of ether oxygens (including phenoxy) is 1. The van der Waals surface area contributed by atoms with E-state index in [4.69, 9.17) is 4.74 Å². The molecule has 1 N–H and O–H groups in total. The zero-order chi connectivity index (χ0) is 18.4. The molecule has 1 aromatic carbocycles. The van der Waals surface area contributed by atoms with Crippen molar-refractivity contribution in [3.8, 4) is 5.75 Å². The number of hydrogen-bond donors (Lipinski definition) is 1. The molecule has 2 aromatic rings. The lowest BCUT2D eigenvalue weighted by Crippen LogP contribution is -2.47. The van der Waals surface area contributed by atoms with E-state index in [2.05, 4.69) is 34.4 Å². The molecule has 1 aliphatic heterocycles. The van der Waals surface area contributed by atoms with Gasteiger partial charge in [-0.2, -0.15) is 0 Å². The van der Waals surface area contributed by atoms with Gasteiger partial charge in [-0.3, -0.25) is 4.79 Å². The molecule has 1 aliphatic rings. The van der Waals surface area contributed by atoms with E-state index >= 15 is 0 Å². The Kier molecular flexibility index (Phi) is 6.07. The van der Waals surface area contributed by atoms with E-state index in [0.717, 1.165) is 50.7 Å². The second-order valence-corrected chi connectivity index (χ2v) is 6.55. The van der Waals surface area contributed by atoms with Gasteiger partial charge < -0.3 is 19.9 Å². The van der Waals surface area contributed by atoms with Crippen LogP contribution in [0.2, 0.25) is 0 Å². The normalized spacial score (nSPS) is 14.9. The van der Waals surface area contributed by atoms with E-state index in [-0.39, 0.29) is 5.91 Å². The summed E-state index contributed by atoms with van der Waals surface area (Å²) < 4.78 is 5.16. The standard InChI is InChI=1S/C20H26N4O2/c1-23-11-13-24(14-12-23)20(25)17-5-8-19(22-15-17)21-10-9-16-3-6-18(26-2)7-4-16/h3-8,15H,9-14H2,1-2H3,(H,21,22). The van der Waals surface area contributed by atoms with Crippen molar-refractivity contribution in [3.63, 3.8) is 0 Å². The van der Waals surface area contributed by atoms with Crippen LogP contribution >= 0.6 is 0 Å². The molecule has 138 valence electrons. The smallest absolute Gasteiger partial charge is 0.255 e. The van der Waals surface area contributed by atoms with Crippen molar-refractivity contribution in [2.24, 2.45) is 0 Å². The predicted molar refractivity (Wildman–Crippen MR) is 103 cm³/mol. The van der Waals surface area contributed by atoms with Gasteiger partial charge in [-0.15, -0.1) is 0 Å². The molecule has 3 rings (SSSR count). The number of likely N-dealkylation sites (N-methyl/N-ethyl adjacent to an activating group) is 1. The second-order valence-electron chi connectivity index (χ2n) is 6.55. The van der Waals surface area contributed by atoms with E-state index in [0.29, 0.717) is 5.56 Å². The molecule has 2 heterocycles. The number of methoxy groups -OCH3 is 1. The summed E-state index contributed by atoms with van der Waals surface area (Å²) in [4.78, 5) is 21.0. The fourth-order valence-electron chi connectivity index (χ4n) is 2.94. The maximum Gasteiger partial charge on any atom is 0.255 e. The molecule has 1 fully saturated rings. The van der Waals surface area contributed by atoms with Crippen LogP contribution in [0.3, 0.4) is 0 Å². The fraction of sp³-hybridized carbons (Fsp3) is 0.400. The van der Waals surface area contributed by atoms with Crippen LogP contribution in [0, 0.1) is 0 Å². The molecule has 0 aliphatic carbocycles. The van der Waals surface area contributed by atoms with Crippen molar-refractivity contribution >= 4 is 11.7 Å². The van der Waals surface area contributed by atoms with Gasteiger partial charge in [0.25, 0.3) is 5.91 Å². The number of piperazine rings is 1. The third-order valence-electron chi connectivity index (χ3n) is 4.68. The fourth-order valence-corrected chi connectivity index (χ4v) is 2.94. The Bertz CT molecular complexity index is 708. The van der Waals surface area contributed by atoms with E-state index in [1.165, 1.54) is 5.56 Å². The van der Waals surface area contributed by atoms with Crippen molar-refractivity contribution in [1.29, 1.82) is 0 Å². The Balaban J connectivity index is 1.48. The van der Waals surface area contributed by atoms with E-state index in [1.807, 2.05) is 29.2 Å². The third-order valence-corrected chi connectivity index (χ3v) is 4.68. The summed E-state index contributed by atoms with van der Waals surface area (Å²) in [6.45, 7) is 4.17. The van der Waals surface area contributed by atoms with Gasteiger partial charge in [0.2, 0.25) is 0 Å². The lowest BCUT2D eigenvalue weighted by Gasteiger charge is -2.32. The summed E-state index contributed by atoms with van der Waals surface area (Å²) in [5.74, 6) is 1.72. The summed E-state index contributed by atoms with van der Waals surface area (Å²) in [6, 6.07) is 11.8. The highest BCUT2D eigenvalue weighted by molar-refractivity contribution is 5.94. The zero-order valence-corrected chi connectivity index (χ0v) is 15.4. The van der Waals surface area contributed by atoms with Crippen LogP contribution in [0.25, 0.3) is 0 Å². The largest absolute Gasteiger partial charge is 0.497 e. The molecule has 0 unspecified atom stereocenters. The number of anilines is 1. The molecule has 1 aromatic heterocycles. The van der Waals surface area contributed by atoms with Crippen LogP contribution in [-0.2, 0) is 6.42 Å². The monoisotopic (exact) mass is 354 g/mol. The first-order valence-electron chi connectivity index (χ1n) is 8.96. The average Bonchev–Trinajstić information content (AvgIpc) is 2.69. The van der Waals surface area contributed by atoms with Crippen LogP contribution in [0.1, 0.15) is 15.9 Å². The molecule has 0 spiro atoms. The van der Waals surface area contributed by atoms with E-state index in [1.54, 1.807) is 13.3 Å². The Morgan fingerprint density at radius 1 is 1.12 bits per heavy atom. The number of nitrogens with one attached hydrogen (secondary N) is 1. The highest BCUT2D eigenvalue weighted by Crippen LogP contribution is 2.13. The van der Waals surface area contributed by atoms with Crippen molar-refractivity contribution in [2.75, 3.05) is 52.2 Å². The van der Waals surface area contributed by atoms with Crippen molar-refractivity contribution in [2.45, 2.75) is 6.42 Å². The molecular formula is C20H26N4O2. The number of nitrogens with zero attached hydrogens (tertiary/aromatic N) is 3. The van der Waals surface area contributed by atoms with Crippen molar-refractivity contribution in [3.05, 3.63) is 53.7 Å². The van der Waals surface area contributed by atoms with Crippen LogP contribution in [0.15, 0.2) is 42.6 Å². The quantitative estimate of drug-likeness (QED) is 0.861. The summed E-state index contributed by atoms with van der Waals surface area (Å²) in [7, 11) is 3.75. The molecule has 0 bridgehead atoms. The second kappa shape index (κ2) is 8.67. The number of carbonyl (C=O) groups excluding carboxylic acids is 1. The average molecular weight is 354 g/mol. The molecule has 1 saturated heterocycles. The van der Waals surface area contributed by atoms with Gasteiger partial charge in [-0.1, -0.05) is 12.1 Å². The molecule has 6 nitrogen and oxygen atoms in total. The Labute approximate surface area is 154 Å². The number of amides is 1. The van der Waals surface area contributed by atoms with Gasteiger partial charge in [-0.05, 0) is 43.3 Å². The Morgan fingerprint density at radius 3 is 2.46 bits per heavy atom. The van der Waals surface area contributed by atoms with E-state index in [9.17, 15) is 4.79 Å². The lowest BCUT2D eigenvalue weighted by molar-refractivity contribution is 0.0663. The topological polar surface area (TPSA) is 57.7 Å². The highest BCUT2D eigenvalue weighted by atomic mass is 16.5. The van der Waals surface area contributed by atoms with Gasteiger partial charge in [-0.25, -0.2) is 4.98 Å². The number of carbonyl (C=O) groups is 1. The van der Waals surface area contributed by atoms with Crippen LogP contribution in [0.4, 0.5) is 5.82 Å². The number of rotatable bonds is 6. The first kappa shape index (κ1) is 18.2. The summed E-state index contributed by atoms with van der Waals surface area (Å²) in [5, 5.41) is 3.30. The van der Waals surface area contributed by atoms with Crippen molar-refractivity contribution in [1.82, 2.24) is 14.8 Å². The highest BCUT2D eigenvalue weighted by Gasteiger charge is 2.20. The van der Waals surface area contributed by atoms with E-state index < -0.39 is 0 Å².